The molecule has 27 heavy (non-hydrogen) atoms. The van der Waals surface area contributed by atoms with Gasteiger partial charge >= 0.3 is 0 Å². The largest absolute Gasteiger partial charge is 0.493 e. The summed E-state index contributed by atoms with van der Waals surface area (Å²) in [6.07, 6.45) is 5.00. The monoisotopic (exact) mass is 376 g/mol. The van der Waals surface area contributed by atoms with Crippen molar-refractivity contribution >= 4 is 5.96 Å². The zero-order chi connectivity index (χ0) is 19.6. The summed E-state index contributed by atoms with van der Waals surface area (Å²) in [5.41, 5.74) is 7.18. The quantitative estimate of drug-likeness (QED) is 0.485. The number of benzene rings is 1. The van der Waals surface area contributed by atoms with E-state index in [1.807, 2.05) is 18.2 Å². The number of ether oxygens (including phenoxy) is 2. The standard InChI is InChI=1S/C21H36N4O2/c1-5-17(6-2)18(25-11-7-8-12-25)15-24-21(22)23-14-16-9-10-19(26-3)20(13-16)27-4/h9-10,13,17-18H,5-8,11-12,14-15H2,1-4H3,(H3,22,23,24). The number of nitrogens with zero attached hydrogens (tertiary/aromatic N) is 2. The minimum Gasteiger partial charge on any atom is -0.493 e. The van der Waals surface area contributed by atoms with Gasteiger partial charge in [0.05, 0.1) is 20.8 Å². The zero-order valence-corrected chi connectivity index (χ0v) is 17.3. The molecule has 6 nitrogen and oxygen atoms in total. The third-order valence-electron chi connectivity index (χ3n) is 5.57. The van der Waals surface area contributed by atoms with Gasteiger partial charge < -0.3 is 20.5 Å². The Morgan fingerprint density at radius 1 is 1.15 bits per heavy atom. The molecule has 0 aliphatic carbocycles. The highest BCUT2D eigenvalue weighted by atomic mass is 16.5. The van der Waals surface area contributed by atoms with E-state index in [1.165, 1.54) is 38.8 Å². The number of hydrogen-bond donors (Lipinski definition) is 2. The summed E-state index contributed by atoms with van der Waals surface area (Å²) in [5.74, 6) is 2.61. The van der Waals surface area contributed by atoms with E-state index in [4.69, 9.17) is 15.2 Å². The Morgan fingerprint density at radius 3 is 2.41 bits per heavy atom. The van der Waals surface area contributed by atoms with E-state index < -0.39 is 0 Å². The first kappa shape index (κ1) is 21.4. The van der Waals surface area contributed by atoms with Crippen LogP contribution in [0.2, 0.25) is 0 Å². The van der Waals surface area contributed by atoms with Gasteiger partial charge in [0.1, 0.15) is 0 Å². The van der Waals surface area contributed by atoms with E-state index >= 15 is 0 Å². The molecule has 152 valence electrons. The van der Waals surface area contributed by atoms with E-state index in [0.29, 0.717) is 30.2 Å². The van der Waals surface area contributed by atoms with Crippen LogP contribution in [-0.4, -0.2) is 50.8 Å². The maximum absolute atomic E-state index is 6.14. The van der Waals surface area contributed by atoms with Crippen molar-refractivity contribution in [3.05, 3.63) is 23.8 Å². The fourth-order valence-electron chi connectivity index (χ4n) is 3.92. The van der Waals surface area contributed by atoms with Crippen LogP contribution in [0.15, 0.2) is 23.2 Å². The summed E-state index contributed by atoms with van der Waals surface area (Å²) in [5, 5.41) is 3.36. The molecule has 1 saturated heterocycles. The number of nitrogens with two attached hydrogens (primary N) is 1. The number of guanidine groups is 1. The Hall–Kier alpha value is -1.95. The van der Waals surface area contributed by atoms with Crippen LogP contribution in [0.5, 0.6) is 11.5 Å². The predicted molar refractivity (Wildman–Crippen MR) is 112 cm³/mol. The molecule has 0 bridgehead atoms. The minimum absolute atomic E-state index is 0.500. The van der Waals surface area contributed by atoms with Crippen LogP contribution >= 0.6 is 0 Å². The van der Waals surface area contributed by atoms with Crippen LogP contribution in [0.1, 0.15) is 45.1 Å². The van der Waals surface area contributed by atoms with Crippen LogP contribution < -0.4 is 20.5 Å². The Morgan fingerprint density at radius 2 is 1.81 bits per heavy atom. The normalized spacial score (nSPS) is 16.6. The molecule has 0 amide bonds. The van der Waals surface area contributed by atoms with Crippen LogP contribution in [-0.2, 0) is 6.54 Å². The van der Waals surface area contributed by atoms with Crippen molar-refractivity contribution in [2.24, 2.45) is 16.6 Å². The van der Waals surface area contributed by atoms with Crippen molar-refractivity contribution in [3.63, 3.8) is 0 Å². The van der Waals surface area contributed by atoms with Crippen molar-refractivity contribution in [2.45, 2.75) is 52.1 Å². The molecular weight excluding hydrogens is 340 g/mol. The molecule has 1 atom stereocenters. The van der Waals surface area contributed by atoms with E-state index in [2.05, 4.69) is 29.1 Å². The lowest BCUT2D eigenvalue weighted by Crippen LogP contribution is -2.48. The summed E-state index contributed by atoms with van der Waals surface area (Å²) < 4.78 is 10.6. The highest BCUT2D eigenvalue weighted by molar-refractivity contribution is 5.77. The first-order valence-corrected chi connectivity index (χ1v) is 10.1. The molecule has 1 aliphatic rings. The van der Waals surface area contributed by atoms with E-state index in [1.54, 1.807) is 14.2 Å². The second kappa shape index (κ2) is 11.0. The molecule has 2 rings (SSSR count). The van der Waals surface area contributed by atoms with Gasteiger partial charge in [-0.1, -0.05) is 32.8 Å². The van der Waals surface area contributed by atoms with Gasteiger partial charge in [-0.2, -0.15) is 0 Å². The third-order valence-corrected chi connectivity index (χ3v) is 5.57. The molecule has 1 aliphatic heterocycles. The average Bonchev–Trinajstić information content (AvgIpc) is 3.23. The van der Waals surface area contributed by atoms with Crippen molar-refractivity contribution in [3.8, 4) is 11.5 Å². The molecule has 6 heteroatoms. The SMILES string of the molecule is CCC(CC)C(CNC(N)=NCc1ccc(OC)c(OC)c1)N1CCCC1. The highest BCUT2D eigenvalue weighted by Crippen LogP contribution is 2.27. The lowest BCUT2D eigenvalue weighted by Gasteiger charge is -2.34. The third kappa shape index (κ3) is 6.03. The molecule has 1 fully saturated rings. The number of aliphatic imine (C=N–C) groups is 1. The molecular formula is C21H36N4O2. The fourth-order valence-corrected chi connectivity index (χ4v) is 3.92. The lowest BCUT2D eigenvalue weighted by molar-refractivity contribution is 0.167. The minimum atomic E-state index is 0.500. The Bertz CT molecular complexity index is 594. The second-order valence-corrected chi connectivity index (χ2v) is 7.16. The van der Waals surface area contributed by atoms with Crippen molar-refractivity contribution in [2.75, 3.05) is 33.9 Å². The fraction of sp³-hybridized carbons (Fsp3) is 0.667. The van der Waals surface area contributed by atoms with Gasteiger partial charge in [-0.25, -0.2) is 4.99 Å². The van der Waals surface area contributed by atoms with Crippen molar-refractivity contribution in [1.29, 1.82) is 0 Å². The summed E-state index contributed by atoms with van der Waals surface area (Å²) >= 11 is 0. The summed E-state index contributed by atoms with van der Waals surface area (Å²) in [6, 6.07) is 6.34. The lowest BCUT2D eigenvalue weighted by atomic mass is 9.93. The van der Waals surface area contributed by atoms with Gasteiger partial charge in [-0.3, -0.25) is 4.90 Å². The van der Waals surface area contributed by atoms with Crippen LogP contribution in [0.25, 0.3) is 0 Å². The Kier molecular flexibility index (Phi) is 8.72. The summed E-state index contributed by atoms with van der Waals surface area (Å²) in [7, 11) is 3.27. The van der Waals surface area contributed by atoms with Gasteiger partial charge in [-0.05, 0) is 49.5 Å². The Labute approximate surface area is 164 Å². The topological polar surface area (TPSA) is 72.1 Å². The van der Waals surface area contributed by atoms with Crippen LogP contribution in [0.4, 0.5) is 0 Å². The first-order valence-electron chi connectivity index (χ1n) is 10.1. The highest BCUT2D eigenvalue weighted by Gasteiger charge is 2.27. The summed E-state index contributed by atoms with van der Waals surface area (Å²) in [4.78, 5) is 7.12. The maximum Gasteiger partial charge on any atom is 0.188 e. The molecule has 1 aromatic rings. The molecule has 1 heterocycles. The smallest absolute Gasteiger partial charge is 0.188 e. The Balaban J connectivity index is 1.95. The van der Waals surface area contributed by atoms with E-state index in [0.717, 1.165) is 17.9 Å². The zero-order valence-electron chi connectivity index (χ0n) is 17.3. The molecule has 1 unspecified atom stereocenters. The van der Waals surface area contributed by atoms with E-state index in [-0.39, 0.29) is 0 Å². The maximum atomic E-state index is 6.14. The average molecular weight is 377 g/mol. The molecule has 3 N–H and O–H groups in total. The first-order chi connectivity index (χ1) is 13.1. The molecule has 0 radical (unpaired) electrons. The number of methoxy groups -OCH3 is 2. The van der Waals surface area contributed by atoms with Gasteiger partial charge in [0.25, 0.3) is 0 Å². The molecule has 0 spiro atoms. The summed E-state index contributed by atoms with van der Waals surface area (Å²) in [6.45, 7) is 8.33. The van der Waals surface area contributed by atoms with Gasteiger partial charge in [0.15, 0.2) is 17.5 Å². The van der Waals surface area contributed by atoms with Gasteiger partial charge in [0.2, 0.25) is 0 Å². The number of likely N-dealkylation sites (tertiary alicyclic amines) is 1. The van der Waals surface area contributed by atoms with Crippen LogP contribution in [0, 0.1) is 5.92 Å². The predicted octanol–water partition coefficient (Wildman–Crippen LogP) is 3.01. The van der Waals surface area contributed by atoms with Gasteiger partial charge in [-0.15, -0.1) is 0 Å². The molecule has 1 aromatic carbocycles. The molecule has 0 saturated carbocycles. The van der Waals surface area contributed by atoms with E-state index in [9.17, 15) is 0 Å². The number of nitrogens with one attached hydrogen (secondary N) is 1. The molecule has 0 aromatic heterocycles. The van der Waals surface area contributed by atoms with Crippen molar-refractivity contribution < 1.29 is 9.47 Å². The number of hydrogen-bond acceptors (Lipinski definition) is 4. The van der Waals surface area contributed by atoms with Crippen molar-refractivity contribution in [1.82, 2.24) is 10.2 Å². The second-order valence-electron chi connectivity index (χ2n) is 7.16. The number of rotatable bonds is 10. The van der Waals surface area contributed by atoms with Gasteiger partial charge in [0, 0.05) is 12.6 Å². The van der Waals surface area contributed by atoms with Crippen LogP contribution in [0.3, 0.4) is 0 Å².